The fourth-order valence-electron chi connectivity index (χ4n) is 1.11. The SMILES string of the molecule is CC[C@H]1CC=C(N)[C@@H](N)CO1. The number of ether oxygens (including phenoxy) is 1. The molecule has 3 nitrogen and oxygen atoms in total. The highest BCUT2D eigenvalue weighted by Crippen LogP contribution is 2.11. The van der Waals surface area contributed by atoms with Gasteiger partial charge in [-0.1, -0.05) is 13.0 Å². The minimum absolute atomic E-state index is 0.105. The highest BCUT2D eigenvalue weighted by atomic mass is 16.5. The van der Waals surface area contributed by atoms with Crippen molar-refractivity contribution in [1.29, 1.82) is 0 Å². The van der Waals surface area contributed by atoms with Gasteiger partial charge in [0, 0.05) is 5.70 Å². The lowest BCUT2D eigenvalue weighted by Crippen LogP contribution is -2.31. The van der Waals surface area contributed by atoms with Gasteiger partial charge in [0.1, 0.15) is 0 Å². The molecule has 1 rings (SSSR count). The number of nitrogens with two attached hydrogens (primary N) is 2. The van der Waals surface area contributed by atoms with Crippen LogP contribution in [0.4, 0.5) is 0 Å². The Balaban J connectivity index is 2.51. The zero-order valence-electron chi connectivity index (χ0n) is 6.92. The summed E-state index contributed by atoms with van der Waals surface area (Å²) in [5.41, 5.74) is 12.1. The molecule has 0 aliphatic carbocycles. The van der Waals surface area contributed by atoms with E-state index in [2.05, 4.69) is 6.92 Å². The molecule has 64 valence electrons. The third-order valence-electron chi connectivity index (χ3n) is 2.01. The number of hydrogen-bond acceptors (Lipinski definition) is 3. The normalized spacial score (nSPS) is 32.7. The van der Waals surface area contributed by atoms with Gasteiger partial charge in [-0.25, -0.2) is 0 Å². The molecule has 0 saturated carbocycles. The zero-order valence-corrected chi connectivity index (χ0v) is 6.92. The maximum Gasteiger partial charge on any atom is 0.0677 e. The summed E-state index contributed by atoms with van der Waals surface area (Å²) in [7, 11) is 0. The quantitative estimate of drug-likeness (QED) is 0.576. The van der Waals surface area contributed by atoms with E-state index in [1.165, 1.54) is 0 Å². The zero-order chi connectivity index (χ0) is 8.27. The molecular weight excluding hydrogens is 140 g/mol. The molecular formula is C8H16N2O. The molecule has 0 aromatic carbocycles. The first kappa shape index (κ1) is 8.56. The smallest absolute Gasteiger partial charge is 0.0677 e. The van der Waals surface area contributed by atoms with Crippen LogP contribution >= 0.6 is 0 Å². The second-order valence-corrected chi connectivity index (χ2v) is 2.91. The van der Waals surface area contributed by atoms with Gasteiger partial charge in [0.2, 0.25) is 0 Å². The lowest BCUT2D eigenvalue weighted by Gasteiger charge is -2.13. The van der Waals surface area contributed by atoms with Crippen LogP contribution < -0.4 is 11.5 Å². The van der Waals surface area contributed by atoms with E-state index in [4.69, 9.17) is 16.2 Å². The van der Waals surface area contributed by atoms with Crippen LogP contribution in [-0.4, -0.2) is 18.8 Å². The molecule has 0 radical (unpaired) electrons. The molecule has 0 aromatic heterocycles. The Kier molecular flexibility index (Phi) is 2.91. The molecule has 2 atom stereocenters. The minimum atomic E-state index is -0.105. The monoisotopic (exact) mass is 156 g/mol. The van der Waals surface area contributed by atoms with Crippen LogP contribution in [0.15, 0.2) is 11.8 Å². The molecule has 11 heavy (non-hydrogen) atoms. The van der Waals surface area contributed by atoms with E-state index in [1.54, 1.807) is 0 Å². The van der Waals surface area contributed by atoms with Crippen molar-refractivity contribution in [3.63, 3.8) is 0 Å². The van der Waals surface area contributed by atoms with Crippen LogP contribution in [0.1, 0.15) is 19.8 Å². The van der Waals surface area contributed by atoms with Crippen molar-refractivity contribution in [3.05, 3.63) is 11.8 Å². The Morgan fingerprint density at radius 3 is 3.09 bits per heavy atom. The second-order valence-electron chi connectivity index (χ2n) is 2.91. The summed E-state index contributed by atoms with van der Waals surface area (Å²) in [5.74, 6) is 0. The topological polar surface area (TPSA) is 61.3 Å². The molecule has 0 aromatic rings. The van der Waals surface area contributed by atoms with E-state index in [1.807, 2.05) is 6.08 Å². The third kappa shape index (κ3) is 2.20. The summed E-state index contributed by atoms with van der Waals surface area (Å²) in [4.78, 5) is 0. The Morgan fingerprint density at radius 2 is 2.45 bits per heavy atom. The van der Waals surface area contributed by atoms with Crippen molar-refractivity contribution < 1.29 is 4.74 Å². The molecule has 0 amide bonds. The molecule has 4 N–H and O–H groups in total. The minimum Gasteiger partial charge on any atom is -0.401 e. The highest BCUT2D eigenvalue weighted by molar-refractivity contribution is 5.07. The molecule has 1 aliphatic rings. The first-order valence-electron chi connectivity index (χ1n) is 4.06. The largest absolute Gasteiger partial charge is 0.401 e. The maximum atomic E-state index is 5.68. The van der Waals surface area contributed by atoms with Crippen molar-refractivity contribution >= 4 is 0 Å². The van der Waals surface area contributed by atoms with Gasteiger partial charge in [0.15, 0.2) is 0 Å². The van der Waals surface area contributed by atoms with Crippen LogP contribution in [0.5, 0.6) is 0 Å². The molecule has 0 saturated heterocycles. The first-order valence-corrected chi connectivity index (χ1v) is 4.06. The van der Waals surface area contributed by atoms with Gasteiger partial charge in [0.05, 0.1) is 18.8 Å². The third-order valence-corrected chi connectivity index (χ3v) is 2.01. The lowest BCUT2D eigenvalue weighted by molar-refractivity contribution is 0.0533. The highest BCUT2D eigenvalue weighted by Gasteiger charge is 2.14. The van der Waals surface area contributed by atoms with Gasteiger partial charge < -0.3 is 16.2 Å². The average Bonchev–Trinajstić information content (AvgIpc) is 2.16. The van der Waals surface area contributed by atoms with Crippen LogP contribution in [-0.2, 0) is 4.74 Å². The van der Waals surface area contributed by atoms with Crippen LogP contribution in [0, 0.1) is 0 Å². The van der Waals surface area contributed by atoms with Crippen molar-refractivity contribution in [3.8, 4) is 0 Å². The standard InChI is InChI=1S/C8H16N2O/c1-2-6-3-4-7(9)8(10)5-11-6/h4,6,8H,2-3,5,9-10H2,1H3/t6-,8-/m0/s1. The fourth-order valence-corrected chi connectivity index (χ4v) is 1.11. The lowest BCUT2D eigenvalue weighted by atomic mass is 10.2. The van der Waals surface area contributed by atoms with Gasteiger partial charge in [-0.15, -0.1) is 0 Å². The summed E-state index contributed by atoms with van der Waals surface area (Å²) < 4.78 is 5.48. The van der Waals surface area contributed by atoms with Crippen LogP contribution in [0.25, 0.3) is 0 Å². The summed E-state index contributed by atoms with van der Waals surface area (Å²) in [6.45, 7) is 2.66. The van der Waals surface area contributed by atoms with Gasteiger partial charge in [-0.2, -0.15) is 0 Å². The Bertz CT molecular complexity index is 156. The average molecular weight is 156 g/mol. The van der Waals surface area contributed by atoms with Crippen molar-refractivity contribution in [2.75, 3.05) is 6.61 Å². The molecule has 1 aliphatic heterocycles. The van der Waals surface area contributed by atoms with E-state index in [-0.39, 0.29) is 6.04 Å². The Morgan fingerprint density at radius 1 is 1.73 bits per heavy atom. The summed E-state index contributed by atoms with van der Waals surface area (Å²) in [6, 6.07) is -0.105. The summed E-state index contributed by atoms with van der Waals surface area (Å²) >= 11 is 0. The van der Waals surface area contributed by atoms with E-state index < -0.39 is 0 Å². The van der Waals surface area contributed by atoms with E-state index in [0.29, 0.717) is 12.7 Å². The number of hydrogen-bond donors (Lipinski definition) is 2. The first-order chi connectivity index (χ1) is 5.24. The summed E-state index contributed by atoms with van der Waals surface area (Å²) in [6.07, 6.45) is 4.21. The van der Waals surface area contributed by atoms with Gasteiger partial charge in [-0.05, 0) is 12.8 Å². The van der Waals surface area contributed by atoms with Crippen molar-refractivity contribution in [2.24, 2.45) is 11.5 Å². The number of rotatable bonds is 1. The molecule has 0 bridgehead atoms. The van der Waals surface area contributed by atoms with Crippen molar-refractivity contribution in [1.82, 2.24) is 0 Å². The molecule has 3 heteroatoms. The molecule has 0 fully saturated rings. The van der Waals surface area contributed by atoms with Gasteiger partial charge in [0.25, 0.3) is 0 Å². The fraction of sp³-hybridized carbons (Fsp3) is 0.750. The van der Waals surface area contributed by atoms with E-state index >= 15 is 0 Å². The predicted octanol–water partition coefficient (Wildman–Crippen LogP) is 0.355. The van der Waals surface area contributed by atoms with Gasteiger partial charge >= 0.3 is 0 Å². The van der Waals surface area contributed by atoms with Gasteiger partial charge in [-0.3, -0.25) is 0 Å². The van der Waals surface area contributed by atoms with E-state index in [9.17, 15) is 0 Å². The Hall–Kier alpha value is -0.540. The maximum absolute atomic E-state index is 5.68. The van der Waals surface area contributed by atoms with E-state index in [0.717, 1.165) is 18.5 Å². The van der Waals surface area contributed by atoms with Crippen LogP contribution in [0.3, 0.4) is 0 Å². The predicted molar refractivity (Wildman–Crippen MR) is 44.9 cm³/mol. The molecule has 0 unspecified atom stereocenters. The molecule has 1 heterocycles. The Labute approximate surface area is 67.4 Å². The summed E-state index contributed by atoms with van der Waals surface area (Å²) in [5, 5.41) is 0. The molecule has 0 spiro atoms. The van der Waals surface area contributed by atoms with Crippen molar-refractivity contribution in [2.45, 2.75) is 31.9 Å². The second kappa shape index (κ2) is 3.74. The van der Waals surface area contributed by atoms with Crippen LogP contribution in [0.2, 0.25) is 0 Å².